The first kappa shape index (κ1) is 18.5. The van der Waals surface area contributed by atoms with Gasteiger partial charge in [-0.1, -0.05) is 47.5 Å². The van der Waals surface area contributed by atoms with E-state index < -0.39 is 15.1 Å². The van der Waals surface area contributed by atoms with Crippen LogP contribution in [0.15, 0.2) is 59.6 Å². The molecule has 2 heterocycles. The third kappa shape index (κ3) is 3.51. The number of rotatable bonds is 3. The average molecular weight is 421 g/mol. The van der Waals surface area contributed by atoms with Crippen LogP contribution in [0.5, 0.6) is 0 Å². The monoisotopic (exact) mass is 420 g/mol. The highest BCUT2D eigenvalue weighted by molar-refractivity contribution is 7.92. The van der Waals surface area contributed by atoms with Crippen LogP contribution in [-0.4, -0.2) is 31.7 Å². The standard InChI is InChI=1S/C20H18Cl2N2O2S/c21-18-6-5-16(13-19(18)22)27(25,26)15-8-11-24(12-9-15)20-17-4-2-1-3-14(17)7-10-23-20/h1-7,10,13,15H,8-9,11-12H2. The van der Waals surface area contributed by atoms with Crippen LogP contribution in [0.3, 0.4) is 0 Å². The second kappa shape index (κ2) is 7.30. The number of pyridine rings is 1. The van der Waals surface area contributed by atoms with E-state index in [4.69, 9.17) is 23.2 Å². The lowest BCUT2D eigenvalue weighted by molar-refractivity contribution is 0.528. The van der Waals surface area contributed by atoms with Crippen LogP contribution in [0.25, 0.3) is 10.8 Å². The third-order valence-electron chi connectivity index (χ3n) is 5.05. The predicted octanol–water partition coefficient (Wildman–Crippen LogP) is 4.98. The summed E-state index contributed by atoms with van der Waals surface area (Å²) < 4.78 is 25.9. The number of halogens is 2. The van der Waals surface area contributed by atoms with E-state index in [2.05, 4.69) is 22.0 Å². The van der Waals surface area contributed by atoms with Gasteiger partial charge in [0.1, 0.15) is 5.82 Å². The summed E-state index contributed by atoms with van der Waals surface area (Å²) in [7, 11) is -3.44. The lowest BCUT2D eigenvalue weighted by atomic mass is 10.1. The molecule has 1 aliphatic rings. The summed E-state index contributed by atoms with van der Waals surface area (Å²) in [5.74, 6) is 0.915. The molecule has 1 saturated heterocycles. The van der Waals surface area contributed by atoms with Crippen LogP contribution in [-0.2, 0) is 9.84 Å². The van der Waals surface area contributed by atoms with Gasteiger partial charge in [-0.3, -0.25) is 0 Å². The number of hydrogen-bond acceptors (Lipinski definition) is 4. The minimum atomic E-state index is -3.44. The van der Waals surface area contributed by atoms with Gasteiger partial charge in [-0.25, -0.2) is 13.4 Å². The van der Waals surface area contributed by atoms with Crippen LogP contribution in [0, 0.1) is 0 Å². The van der Waals surface area contributed by atoms with Gasteiger partial charge in [-0.15, -0.1) is 0 Å². The number of nitrogens with zero attached hydrogens (tertiary/aromatic N) is 2. The molecule has 1 aliphatic heterocycles. The van der Waals surface area contributed by atoms with E-state index in [0.717, 1.165) is 16.6 Å². The van der Waals surface area contributed by atoms with Gasteiger partial charge in [0.05, 0.1) is 20.2 Å². The fraction of sp³-hybridized carbons (Fsp3) is 0.250. The van der Waals surface area contributed by atoms with Gasteiger partial charge in [0, 0.05) is 24.7 Å². The first-order chi connectivity index (χ1) is 13.0. The average Bonchev–Trinajstić information content (AvgIpc) is 2.69. The van der Waals surface area contributed by atoms with E-state index in [1.165, 1.54) is 18.2 Å². The first-order valence-electron chi connectivity index (χ1n) is 8.74. The van der Waals surface area contributed by atoms with Crippen molar-refractivity contribution in [1.82, 2.24) is 4.98 Å². The molecule has 1 aromatic heterocycles. The molecule has 27 heavy (non-hydrogen) atoms. The number of fused-ring (bicyclic) bond motifs is 1. The van der Waals surface area contributed by atoms with Gasteiger partial charge < -0.3 is 4.90 Å². The summed E-state index contributed by atoms with van der Waals surface area (Å²) in [6, 6.07) is 14.6. The second-order valence-electron chi connectivity index (χ2n) is 6.66. The maximum absolute atomic E-state index is 13.0. The molecule has 4 nitrogen and oxygen atoms in total. The minimum absolute atomic E-state index is 0.235. The zero-order chi connectivity index (χ0) is 19.0. The second-order valence-corrected chi connectivity index (χ2v) is 9.71. The van der Waals surface area contributed by atoms with Crippen molar-refractivity contribution in [2.75, 3.05) is 18.0 Å². The lowest BCUT2D eigenvalue weighted by Gasteiger charge is -2.33. The van der Waals surface area contributed by atoms with Crippen molar-refractivity contribution < 1.29 is 8.42 Å². The molecule has 1 fully saturated rings. The van der Waals surface area contributed by atoms with E-state index in [1.807, 2.05) is 18.2 Å². The summed E-state index contributed by atoms with van der Waals surface area (Å²) >= 11 is 11.9. The summed E-state index contributed by atoms with van der Waals surface area (Å²) in [6.07, 6.45) is 2.90. The van der Waals surface area contributed by atoms with Gasteiger partial charge >= 0.3 is 0 Å². The van der Waals surface area contributed by atoms with Gasteiger partial charge in [0.15, 0.2) is 9.84 Å². The molecular weight excluding hydrogens is 403 g/mol. The topological polar surface area (TPSA) is 50.3 Å². The number of sulfone groups is 1. The molecule has 0 aliphatic carbocycles. The molecule has 0 radical (unpaired) electrons. The largest absolute Gasteiger partial charge is 0.356 e. The van der Waals surface area contributed by atoms with Gasteiger partial charge in [0.25, 0.3) is 0 Å². The zero-order valence-electron chi connectivity index (χ0n) is 14.5. The molecule has 4 rings (SSSR count). The molecule has 0 bridgehead atoms. The molecular formula is C20H18Cl2N2O2S. The van der Waals surface area contributed by atoms with Gasteiger partial charge in [0.2, 0.25) is 0 Å². The molecule has 7 heteroatoms. The molecule has 0 amide bonds. The van der Waals surface area contributed by atoms with Crippen LogP contribution >= 0.6 is 23.2 Å². The van der Waals surface area contributed by atoms with E-state index in [-0.39, 0.29) is 9.92 Å². The SMILES string of the molecule is O=S(=O)(c1ccc(Cl)c(Cl)c1)C1CCN(c2nccc3ccccc23)CC1. The van der Waals surface area contributed by atoms with Crippen molar-refractivity contribution in [3.8, 4) is 0 Å². The number of benzene rings is 2. The zero-order valence-corrected chi connectivity index (χ0v) is 16.8. The Morgan fingerprint density at radius 1 is 0.963 bits per heavy atom. The van der Waals surface area contributed by atoms with Crippen LogP contribution in [0.2, 0.25) is 10.0 Å². The van der Waals surface area contributed by atoms with Crippen LogP contribution < -0.4 is 4.90 Å². The molecule has 0 saturated carbocycles. The number of piperidine rings is 1. The van der Waals surface area contributed by atoms with Gasteiger partial charge in [-0.2, -0.15) is 0 Å². The maximum atomic E-state index is 13.0. The molecule has 140 valence electrons. The van der Waals surface area contributed by atoms with Crippen LogP contribution in [0.4, 0.5) is 5.82 Å². The Kier molecular flexibility index (Phi) is 5.01. The van der Waals surface area contributed by atoms with Crippen molar-refractivity contribution in [1.29, 1.82) is 0 Å². The number of anilines is 1. The van der Waals surface area contributed by atoms with Crippen molar-refractivity contribution in [3.63, 3.8) is 0 Å². The van der Waals surface area contributed by atoms with Crippen LogP contribution in [0.1, 0.15) is 12.8 Å². The van der Waals surface area contributed by atoms with Crippen molar-refractivity contribution >= 4 is 49.6 Å². The highest BCUT2D eigenvalue weighted by Crippen LogP contribution is 2.32. The maximum Gasteiger partial charge on any atom is 0.181 e. The number of hydrogen-bond donors (Lipinski definition) is 0. The van der Waals surface area contributed by atoms with Gasteiger partial charge in [-0.05, 0) is 42.5 Å². The Morgan fingerprint density at radius 2 is 1.70 bits per heavy atom. The fourth-order valence-corrected chi connectivity index (χ4v) is 5.70. The predicted molar refractivity (Wildman–Crippen MR) is 111 cm³/mol. The van der Waals surface area contributed by atoms with Crippen molar-refractivity contribution in [2.24, 2.45) is 0 Å². The summed E-state index contributed by atoms with van der Waals surface area (Å²) in [4.78, 5) is 6.95. The summed E-state index contributed by atoms with van der Waals surface area (Å²) in [5, 5.41) is 2.41. The summed E-state index contributed by atoms with van der Waals surface area (Å²) in [6.45, 7) is 1.29. The third-order valence-corrected chi connectivity index (χ3v) is 8.05. The Labute approximate surface area is 168 Å². The quantitative estimate of drug-likeness (QED) is 0.598. The first-order valence-corrected chi connectivity index (χ1v) is 11.0. The molecule has 3 aromatic rings. The molecule has 0 N–H and O–H groups in total. The van der Waals surface area contributed by atoms with E-state index >= 15 is 0 Å². The minimum Gasteiger partial charge on any atom is -0.356 e. The van der Waals surface area contributed by atoms with E-state index in [9.17, 15) is 8.42 Å². The Balaban J connectivity index is 1.55. The van der Waals surface area contributed by atoms with E-state index in [0.29, 0.717) is 31.0 Å². The van der Waals surface area contributed by atoms with E-state index in [1.54, 1.807) is 6.20 Å². The fourth-order valence-electron chi connectivity index (χ4n) is 3.58. The number of aromatic nitrogens is 1. The van der Waals surface area contributed by atoms with Crippen molar-refractivity contribution in [3.05, 3.63) is 64.8 Å². The smallest absolute Gasteiger partial charge is 0.181 e. The molecule has 2 aromatic carbocycles. The molecule has 0 atom stereocenters. The summed E-state index contributed by atoms with van der Waals surface area (Å²) in [5.41, 5.74) is 0. The normalized spacial score (nSPS) is 16.0. The Hall–Kier alpha value is -1.82. The highest BCUT2D eigenvalue weighted by Gasteiger charge is 2.32. The highest BCUT2D eigenvalue weighted by atomic mass is 35.5. The molecule has 0 unspecified atom stereocenters. The molecule has 0 spiro atoms. The Bertz CT molecular complexity index is 1090. The lowest BCUT2D eigenvalue weighted by Crippen LogP contribution is -2.39. The van der Waals surface area contributed by atoms with Crippen molar-refractivity contribution in [2.45, 2.75) is 23.0 Å². The Morgan fingerprint density at radius 3 is 2.44 bits per heavy atom.